The molecule has 10 heteroatoms. The predicted octanol–water partition coefficient (Wildman–Crippen LogP) is 13.2. The molecule has 0 rings (SSSR count). The quantitative estimate of drug-likeness (QED) is 0.0333. The van der Waals surface area contributed by atoms with Gasteiger partial charge in [0.05, 0.1) is 26.4 Å². The standard InChI is InChI=1S/C49H93NO9/c1-6-11-14-17-18-19-20-21-24-28-34-45(59-49(54)56-40-32-39-50(9-4)10-5)38-41-55-46(51)35-31-26-25-27-33-44(42-57-47(52)36-29-22-15-12-7-2)43-58-48(53)37-30-23-16-13-8-3/h44-45H,6-43H2,1-5H3. The van der Waals surface area contributed by atoms with Crippen LogP contribution in [0.25, 0.3) is 0 Å². The SMILES string of the molecule is CCCCCCCCCCCCC(CCOC(=O)CCCCCCC(COC(=O)CCCCCCC)COC(=O)CCCCCCC)OC(=O)OCCCN(CC)CC. The minimum atomic E-state index is -0.637. The highest BCUT2D eigenvalue weighted by Crippen LogP contribution is 2.18. The average Bonchev–Trinajstić information content (AvgIpc) is 3.23. The summed E-state index contributed by atoms with van der Waals surface area (Å²) in [7, 11) is 0. The van der Waals surface area contributed by atoms with E-state index in [4.69, 9.17) is 23.7 Å². The topological polar surface area (TPSA) is 118 Å². The first-order valence-corrected chi connectivity index (χ1v) is 24.8. The number of hydrogen-bond acceptors (Lipinski definition) is 10. The largest absolute Gasteiger partial charge is 0.508 e. The van der Waals surface area contributed by atoms with Gasteiger partial charge in [0.15, 0.2) is 0 Å². The molecule has 1 atom stereocenters. The van der Waals surface area contributed by atoms with E-state index in [1.165, 1.54) is 77.0 Å². The third-order valence-electron chi connectivity index (χ3n) is 11.3. The number of ether oxygens (including phenoxy) is 5. The van der Waals surface area contributed by atoms with Crippen LogP contribution >= 0.6 is 0 Å². The molecule has 0 heterocycles. The Kier molecular flexibility index (Phi) is 42.0. The van der Waals surface area contributed by atoms with Gasteiger partial charge in [-0.2, -0.15) is 0 Å². The van der Waals surface area contributed by atoms with Gasteiger partial charge in [0.1, 0.15) is 6.10 Å². The first-order valence-electron chi connectivity index (χ1n) is 24.8. The highest BCUT2D eigenvalue weighted by Gasteiger charge is 2.18. The van der Waals surface area contributed by atoms with Gasteiger partial charge in [-0.05, 0) is 58.0 Å². The van der Waals surface area contributed by atoms with Gasteiger partial charge in [0.2, 0.25) is 0 Å². The number of esters is 3. The summed E-state index contributed by atoms with van der Waals surface area (Å²) in [5.41, 5.74) is 0. The van der Waals surface area contributed by atoms with Gasteiger partial charge < -0.3 is 28.6 Å². The fraction of sp³-hybridized carbons (Fsp3) is 0.918. The van der Waals surface area contributed by atoms with Crippen molar-refractivity contribution < 1.29 is 42.9 Å². The van der Waals surface area contributed by atoms with Crippen LogP contribution in [0.1, 0.15) is 234 Å². The van der Waals surface area contributed by atoms with Crippen LogP contribution in [-0.2, 0) is 38.1 Å². The zero-order valence-electron chi connectivity index (χ0n) is 39.1. The highest BCUT2D eigenvalue weighted by atomic mass is 16.7. The van der Waals surface area contributed by atoms with Crippen LogP contribution in [0.5, 0.6) is 0 Å². The van der Waals surface area contributed by atoms with Crippen molar-refractivity contribution in [3.63, 3.8) is 0 Å². The molecule has 0 saturated heterocycles. The zero-order valence-corrected chi connectivity index (χ0v) is 39.1. The lowest BCUT2D eigenvalue weighted by molar-refractivity contribution is -0.149. The van der Waals surface area contributed by atoms with E-state index in [0.29, 0.717) is 32.3 Å². The molecule has 0 radical (unpaired) electrons. The fourth-order valence-corrected chi connectivity index (χ4v) is 7.23. The van der Waals surface area contributed by atoms with Crippen molar-refractivity contribution in [3.8, 4) is 0 Å². The molecule has 0 aliphatic rings. The van der Waals surface area contributed by atoms with Crippen LogP contribution in [0.3, 0.4) is 0 Å². The molecule has 59 heavy (non-hydrogen) atoms. The van der Waals surface area contributed by atoms with Crippen molar-refractivity contribution in [1.29, 1.82) is 0 Å². The molecule has 0 aliphatic heterocycles. The smallest absolute Gasteiger partial charge is 0.466 e. The molecule has 0 aromatic rings. The van der Waals surface area contributed by atoms with Crippen LogP contribution < -0.4 is 0 Å². The molecule has 0 fully saturated rings. The second-order valence-corrected chi connectivity index (χ2v) is 16.7. The molecule has 348 valence electrons. The number of hydrogen-bond donors (Lipinski definition) is 0. The van der Waals surface area contributed by atoms with Gasteiger partial charge in [-0.3, -0.25) is 14.4 Å². The first kappa shape index (κ1) is 56.6. The van der Waals surface area contributed by atoms with E-state index < -0.39 is 6.16 Å². The summed E-state index contributed by atoms with van der Waals surface area (Å²) < 4.78 is 27.9. The Bertz CT molecular complexity index is 943. The molecule has 0 bridgehead atoms. The molecule has 0 aromatic carbocycles. The lowest BCUT2D eigenvalue weighted by Crippen LogP contribution is -2.26. The lowest BCUT2D eigenvalue weighted by Gasteiger charge is -2.19. The van der Waals surface area contributed by atoms with Gasteiger partial charge in [-0.1, -0.05) is 163 Å². The molecular weight excluding hydrogens is 747 g/mol. The third kappa shape index (κ3) is 39.5. The molecule has 0 spiro atoms. The van der Waals surface area contributed by atoms with Gasteiger partial charge in [-0.25, -0.2) is 4.79 Å². The molecule has 1 unspecified atom stereocenters. The average molecular weight is 840 g/mol. The number of nitrogens with zero attached hydrogens (tertiary/aromatic N) is 1. The van der Waals surface area contributed by atoms with E-state index in [1.807, 2.05) is 0 Å². The minimum absolute atomic E-state index is 0.0340. The normalized spacial score (nSPS) is 11.8. The van der Waals surface area contributed by atoms with Gasteiger partial charge in [0.25, 0.3) is 0 Å². The molecule has 0 aromatic heterocycles. The van der Waals surface area contributed by atoms with Crippen molar-refractivity contribution >= 4 is 24.1 Å². The van der Waals surface area contributed by atoms with Crippen LogP contribution in [0.4, 0.5) is 4.79 Å². The van der Waals surface area contributed by atoms with E-state index in [1.54, 1.807) is 0 Å². The van der Waals surface area contributed by atoms with Crippen molar-refractivity contribution in [2.24, 2.45) is 5.92 Å². The summed E-state index contributed by atoms with van der Waals surface area (Å²) in [5.74, 6) is -0.619. The van der Waals surface area contributed by atoms with Crippen molar-refractivity contribution in [3.05, 3.63) is 0 Å². The minimum Gasteiger partial charge on any atom is -0.466 e. The summed E-state index contributed by atoms with van der Waals surface area (Å²) in [6, 6.07) is 0. The van der Waals surface area contributed by atoms with E-state index >= 15 is 0 Å². The molecule has 0 amide bonds. The van der Waals surface area contributed by atoms with Gasteiger partial charge >= 0.3 is 24.1 Å². The molecular formula is C49H93NO9. The second-order valence-electron chi connectivity index (χ2n) is 16.7. The Morgan fingerprint density at radius 3 is 1.27 bits per heavy atom. The second kappa shape index (κ2) is 43.7. The first-order chi connectivity index (χ1) is 28.8. The summed E-state index contributed by atoms with van der Waals surface area (Å²) in [5, 5.41) is 0. The van der Waals surface area contributed by atoms with E-state index in [-0.39, 0.29) is 49.8 Å². The monoisotopic (exact) mass is 840 g/mol. The number of rotatable bonds is 44. The summed E-state index contributed by atoms with van der Waals surface area (Å²) in [6.07, 6.45) is 29.5. The fourth-order valence-electron chi connectivity index (χ4n) is 7.23. The predicted molar refractivity (Wildman–Crippen MR) is 241 cm³/mol. The summed E-state index contributed by atoms with van der Waals surface area (Å²) >= 11 is 0. The molecule has 0 saturated carbocycles. The Balaban J connectivity index is 4.66. The summed E-state index contributed by atoms with van der Waals surface area (Å²) in [4.78, 5) is 52.2. The Labute approximate surface area is 362 Å². The van der Waals surface area contributed by atoms with Crippen LogP contribution in [-0.4, -0.2) is 81.1 Å². The Hall–Kier alpha value is -2.36. The lowest BCUT2D eigenvalue weighted by atomic mass is 10.0. The maximum atomic E-state index is 12.6. The van der Waals surface area contributed by atoms with Crippen LogP contribution in [0.15, 0.2) is 0 Å². The molecule has 10 nitrogen and oxygen atoms in total. The zero-order chi connectivity index (χ0) is 43.4. The third-order valence-corrected chi connectivity index (χ3v) is 11.3. The molecule has 0 N–H and O–H groups in total. The van der Waals surface area contributed by atoms with Gasteiger partial charge in [-0.15, -0.1) is 0 Å². The number of carbonyl (C=O) groups is 4. The van der Waals surface area contributed by atoms with E-state index in [9.17, 15) is 19.2 Å². The summed E-state index contributed by atoms with van der Waals surface area (Å²) in [6.45, 7) is 14.7. The maximum Gasteiger partial charge on any atom is 0.508 e. The van der Waals surface area contributed by atoms with Crippen molar-refractivity contribution in [2.45, 2.75) is 240 Å². The molecule has 0 aliphatic carbocycles. The highest BCUT2D eigenvalue weighted by molar-refractivity contribution is 5.70. The van der Waals surface area contributed by atoms with Crippen molar-refractivity contribution in [2.75, 3.05) is 46.1 Å². The van der Waals surface area contributed by atoms with Crippen molar-refractivity contribution in [1.82, 2.24) is 4.90 Å². The van der Waals surface area contributed by atoms with Crippen LogP contribution in [0, 0.1) is 5.92 Å². The van der Waals surface area contributed by atoms with Crippen LogP contribution in [0.2, 0.25) is 0 Å². The Morgan fingerprint density at radius 2 is 0.814 bits per heavy atom. The number of carbonyl (C=O) groups excluding carboxylic acids is 4. The van der Waals surface area contributed by atoms with E-state index in [0.717, 1.165) is 116 Å². The number of unbranched alkanes of at least 4 members (excludes halogenated alkanes) is 20. The van der Waals surface area contributed by atoms with E-state index in [2.05, 4.69) is 39.5 Å². The Morgan fingerprint density at radius 1 is 0.407 bits per heavy atom. The maximum absolute atomic E-state index is 12.6. The van der Waals surface area contributed by atoms with Gasteiger partial charge in [0, 0.05) is 38.1 Å².